The van der Waals surface area contributed by atoms with E-state index < -0.39 is 5.91 Å². The van der Waals surface area contributed by atoms with Crippen LogP contribution in [0.25, 0.3) is 5.70 Å². The van der Waals surface area contributed by atoms with Gasteiger partial charge in [0, 0.05) is 30.4 Å². The molecule has 90 valence electrons. The monoisotopic (exact) mass is 240 g/mol. The predicted octanol–water partition coefficient (Wildman–Crippen LogP) is 0.550. The van der Waals surface area contributed by atoms with Crippen molar-refractivity contribution in [2.45, 2.75) is 6.17 Å². The number of aromatic nitrogens is 1. The normalized spacial score (nSPS) is 20.9. The molecule has 0 spiro atoms. The summed E-state index contributed by atoms with van der Waals surface area (Å²) in [7, 11) is 0. The number of nitrogens with zero attached hydrogens (tertiary/aromatic N) is 2. The van der Waals surface area contributed by atoms with Crippen LogP contribution in [0.3, 0.4) is 0 Å². The number of primary amides is 1. The molecule has 2 aliphatic heterocycles. The summed E-state index contributed by atoms with van der Waals surface area (Å²) in [5, 5.41) is 3.27. The Morgan fingerprint density at radius 1 is 1.50 bits per heavy atom. The van der Waals surface area contributed by atoms with Gasteiger partial charge in [-0.15, -0.1) is 0 Å². The molecule has 1 aromatic heterocycles. The van der Waals surface area contributed by atoms with E-state index in [0.717, 1.165) is 11.3 Å². The second-order valence-electron chi connectivity index (χ2n) is 4.11. The van der Waals surface area contributed by atoms with Crippen LogP contribution < -0.4 is 11.1 Å². The summed E-state index contributed by atoms with van der Waals surface area (Å²) in [5.74, 6) is -0.414. The van der Waals surface area contributed by atoms with Gasteiger partial charge in [0.2, 0.25) is 5.91 Å². The fourth-order valence-electron chi connectivity index (χ4n) is 2.08. The van der Waals surface area contributed by atoms with Gasteiger partial charge in [0.15, 0.2) is 0 Å². The van der Waals surface area contributed by atoms with E-state index in [9.17, 15) is 4.79 Å². The summed E-state index contributed by atoms with van der Waals surface area (Å²) in [6, 6.07) is 3.83. The SMILES string of the molecule is NC(=O)C1=CC=CN2C=C(c3cccnc3)NC12. The third kappa shape index (κ3) is 1.66. The van der Waals surface area contributed by atoms with Gasteiger partial charge in [0.25, 0.3) is 0 Å². The summed E-state index contributed by atoms with van der Waals surface area (Å²) in [4.78, 5) is 17.4. The smallest absolute Gasteiger partial charge is 0.248 e. The highest BCUT2D eigenvalue weighted by Gasteiger charge is 2.30. The highest BCUT2D eigenvalue weighted by atomic mass is 16.1. The van der Waals surface area contributed by atoms with E-state index >= 15 is 0 Å². The highest BCUT2D eigenvalue weighted by molar-refractivity contribution is 5.94. The Balaban J connectivity index is 1.91. The van der Waals surface area contributed by atoms with E-state index in [1.165, 1.54) is 0 Å². The van der Waals surface area contributed by atoms with Gasteiger partial charge in [-0.1, -0.05) is 0 Å². The quantitative estimate of drug-likeness (QED) is 0.792. The summed E-state index contributed by atoms with van der Waals surface area (Å²) >= 11 is 0. The minimum atomic E-state index is -0.414. The Bertz CT molecular complexity index is 574. The van der Waals surface area contributed by atoms with Crippen LogP contribution in [0.2, 0.25) is 0 Å². The van der Waals surface area contributed by atoms with Crippen LogP contribution >= 0.6 is 0 Å². The molecule has 5 heteroatoms. The summed E-state index contributed by atoms with van der Waals surface area (Å²) < 4.78 is 0. The number of carbonyl (C=O) groups is 1. The van der Waals surface area contributed by atoms with Gasteiger partial charge in [-0.25, -0.2) is 0 Å². The number of hydrogen-bond donors (Lipinski definition) is 2. The number of allylic oxidation sites excluding steroid dienone is 2. The fourth-order valence-corrected chi connectivity index (χ4v) is 2.08. The largest absolute Gasteiger partial charge is 0.366 e. The van der Waals surface area contributed by atoms with Crippen LogP contribution in [0.5, 0.6) is 0 Å². The van der Waals surface area contributed by atoms with Gasteiger partial charge in [0.1, 0.15) is 6.17 Å². The number of fused-ring (bicyclic) bond motifs is 1. The molecule has 3 rings (SSSR count). The molecule has 0 aliphatic carbocycles. The molecule has 1 unspecified atom stereocenters. The van der Waals surface area contributed by atoms with Crippen molar-refractivity contribution < 1.29 is 4.79 Å². The zero-order valence-corrected chi connectivity index (χ0v) is 9.58. The molecular formula is C13H12N4O. The molecular weight excluding hydrogens is 228 g/mol. The van der Waals surface area contributed by atoms with Crippen molar-refractivity contribution >= 4 is 11.6 Å². The number of amides is 1. The van der Waals surface area contributed by atoms with E-state index in [2.05, 4.69) is 10.3 Å². The van der Waals surface area contributed by atoms with Crippen LogP contribution in [0.4, 0.5) is 0 Å². The molecule has 1 atom stereocenters. The van der Waals surface area contributed by atoms with Crippen molar-refractivity contribution in [1.29, 1.82) is 0 Å². The van der Waals surface area contributed by atoms with Crippen LogP contribution in [-0.4, -0.2) is 22.0 Å². The lowest BCUT2D eigenvalue weighted by molar-refractivity contribution is -0.115. The Hall–Kier alpha value is -2.56. The first-order valence-corrected chi connectivity index (χ1v) is 5.60. The molecule has 1 amide bonds. The van der Waals surface area contributed by atoms with Gasteiger partial charge in [-0.05, 0) is 24.3 Å². The van der Waals surface area contributed by atoms with E-state index in [4.69, 9.17) is 5.73 Å². The summed E-state index contributed by atoms with van der Waals surface area (Å²) in [5.41, 5.74) is 7.81. The summed E-state index contributed by atoms with van der Waals surface area (Å²) in [6.45, 7) is 0. The molecule has 5 nitrogen and oxygen atoms in total. The predicted molar refractivity (Wildman–Crippen MR) is 67.4 cm³/mol. The molecule has 0 bridgehead atoms. The molecule has 0 saturated heterocycles. The molecule has 0 radical (unpaired) electrons. The maximum atomic E-state index is 11.4. The Kier molecular flexibility index (Phi) is 2.37. The van der Waals surface area contributed by atoms with Gasteiger partial charge in [0.05, 0.1) is 11.3 Å². The van der Waals surface area contributed by atoms with Gasteiger partial charge in [-0.3, -0.25) is 9.78 Å². The van der Waals surface area contributed by atoms with Crippen molar-refractivity contribution in [3.63, 3.8) is 0 Å². The molecule has 0 aromatic carbocycles. The molecule has 3 N–H and O–H groups in total. The average Bonchev–Trinajstić information content (AvgIpc) is 2.83. The molecule has 18 heavy (non-hydrogen) atoms. The number of rotatable bonds is 2. The Labute approximate surface area is 104 Å². The maximum Gasteiger partial charge on any atom is 0.248 e. The minimum Gasteiger partial charge on any atom is -0.366 e. The molecule has 0 saturated carbocycles. The van der Waals surface area contributed by atoms with E-state index in [0.29, 0.717) is 5.57 Å². The third-order valence-electron chi connectivity index (χ3n) is 2.95. The second kappa shape index (κ2) is 4.03. The topological polar surface area (TPSA) is 71.2 Å². The van der Waals surface area contributed by atoms with Crippen molar-refractivity contribution in [3.05, 3.63) is 60.2 Å². The molecule has 2 aliphatic rings. The van der Waals surface area contributed by atoms with Gasteiger partial charge >= 0.3 is 0 Å². The lowest BCUT2D eigenvalue weighted by atomic mass is 10.1. The van der Waals surface area contributed by atoms with E-state index in [1.807, 2.05) is 29.4 Å². The van der Waals surface area contributed by atoms with Crippen molar-refractivity contribution in [3.8, 4) is 0 Å². The minimum absolute atomic E-state index is 0.220. The Morgan fingerprint density at radius 2 is 2.39 bits per heavy atom. The average molecular weight is 240 g/mol. The highest BCUT2D eigenvalue weighted by Crippen LogP contribution is 2.26. The van der Waals surface area contributed by atoms with Gasteiger partial charge in [-0.2, -0.15) is 0 Å². The van der Waals surface area contributed by atoms with Gasteiger partial charge < -0.3 is 16.0 Å². The molecule has 3 heterocycles. The van der Waals surface area contributed by atoms with Crippen LogP contribution in [0.15, 0.2) is 54.7 Å². The number of hydrogen-bond acceptors (Lipinski definition) is 4. The number of pyridine rings is 1. The summed E-state index contributed by atoms with van der Waals surface area (Å²) in [6.07, 6.45) is 10.7. The first kappa shape index (κ1) is 10.6. The van der Waals surface area contributed by atoms with Crippen molar-refractivity contribution in [2.24, 2.45) is 5.73 Å². The van der Waals surface area contributed by atoms with Crippen molar-refractivity contribution in [1.82, 2.24) is 15.2 Å². The third-order valence-corrected chi connectivity index (χ3v) is 2.95. The second-order valence-corrected chi connectivity index (χ2v) is 4.11. The number of carbonyl (C=O) groups excluding carboxylic acids is 1. The standard InChI is InChI=1S/C13H12N4O/c14-12(18)10-4-2-6-17-8-11(16-13(10)17)9-3-1-5-15-7-9/h1-8,13,16H,(H2,14,18). The number of nitrogens with two attached hydrogens (primary N) is 1. The van der Waals surface area contributed by atoms with Crippen LogP contribution in [0, 0.1) is 0 Å². The fraction of sp³-hybridized carbons (Fsp3) is 0.0769. The van der Waals surface area contributed by atoms with E-state index in [-0.39, 0.29) is 6.17 Å². The zero-order chi connectivity index (χ0) is 12.5. The number of nitrogens with one attached hydrogen (secondary N) is 1. The first-order valence-electron chi connectivity index (χ1n) is 5.60. The first-order chi connectivity index (χ1) is 8.75. The van der Waals surface area contributed by atoms with Crippen LogP contribution in [-0.2, 0) is 4.79 Å². The lowest BCUT2D eigenvalue weighted by Crippen LogP contribution is -2.40. The lowest BCUT2D eigenvalue weighted by Gasteiger charge is -2.25. The van der Waals surface area contributed by atoms with E-state index in [1.54, 1.807) is 24.5 Å². The van der Waals surface area contributed by atoms with Crippen LogP contribution in [0.1, 0.15) is 5.56 Å². The molecule has 0 fully saturated rings. The zero-order valence-electron chi connectivity index (χ0n) is 9.58. The maximum absolute atomic E-state index is 11.4. The van der Waals surface area contributed by atoms with Crippen molar-refractivity contribution in [2.75, 3.05) is 0 Å². The Morgan fingerprint density at radius 3 is 3.11 bits per heavy atom. The molecule has 1 aromatic rings.